The number of alkyl halides is 1. The van der Waals surface area contributed by atoms with E-state index in [0.29, 0.717) is 37.1 Å². The van der Waals surface area contributed by atoms with Crippen molar-refractivity contribution in [2.45, 2.75) is 17.8 Å². The third-order valence-corrected chi connectivity index (χ3v) is 6.64. The second-order valence-electron chi connectivity index (χ2n) is 8.63. The Bertz CT molecular complexity index is 1240. The fourth-order valence-electron chi connectivity index (χ4n) is 4.59. The summed E-state index contributed by atoms with van der Waals surface area (Å²) in [5.74, 6) is 0.206. The number of carbonyl (C=O) groups is 1. The van der Waals surface area contributed by atoms with Crippen LogP contribution in [0.4, 0.5) is 27.4 Å². The van der Waals surface area contributed by atoms with E-state index >= 15 is 0 Å². The summed E-state index contributed by atoms with van der Waals surface area (Å²) in [4.78, 5) is 20.2. The van der Waals surface area contributed by atoms with Crippen LogP contribution in [0, 0.1) is 5.82 Å². The molecule has 35 heavy (non-hydrogen) atoms. The first-order chi connectivity index (χ1) is 17.0. The minimum Gasteiger partial charge on any atom is -0.491 e. The molecule has 1 fully saturated rings. The van der Waals surface area contributed by atoms with Crippen LogP contribution in [0.3, 0.4) is 0 Å². The number of aromatic nitrogens is 2. The van der Waals surface area contributed by atoms with Gasteiger partial charge < -0.3 is 25.4 Å². The number of anilines is 4. The predicted molar refractivity (Wildman–Crippen MR) is 132 cm³/mol. The van der Waals surface area contributed by atoms with E-state index in [2.05, 4.69) is 25.9 Å². The largest absolute Gasteiger partial charge is 0.491 e. The molecule has 2 atom stereocenters. The number of rotatable bonds is 9. The fourth-order valence-corrected chi connectivity index (χ4v) is 4.66. The van der Waals surface area contributed by atoms with Crippen LogP contribution in [0.5, 0.6) is 5.75 Å². The SMILES string of the molecule is COCCOc1ccc(Nc2ncc(F)c(C3C[C@@]34CNc3cc(NC(=O)CCl)ccc34)n2)cc1. The maximum Gasteiger partial charge on any atom is 0.239 e. The minimum atomic E-state index is -0.418. The molecule has 1 spiro atoms. The minimum absolute atomic E-state index is 0.0698. The van der Waals surface area contributed by atoms with Gasteiger partial charge in [0.15, 0.2) is 5.82 Å². The number of nitrogens with one attached hydrogen (secondary N) is 3. The molecule has 1 aromatic heterocycles. The molecule has 2 aromatic carbocycles. The number of hydrogen-bond donors (Lipinski definition) is 3. The second-order valence-corrected chi connectivity index (χ2v) is 8.89. The molecule has 1 saturated carbocycles. The Morgan fingerprint density at radius 2 is 2.03 bits per heavy atom. The lowest BCUT2D eigenvalue weighted by Gasteiger charge is -2.12. The summed E-state index contributed by atoms with van der Waals surface area (Å²) in [5, 5.41) is 9.29. The molecule has 3 N–H and O–H groups in total. The van der Waals surface area contributed by atoms with Crippen molar-refractivity contribution in [3.63, 3.8) is 0 Å². The Morgan fingerprint density at radius 1 is 1.23 bits per heavy atom. The van der Waals surface area contributed by atoms with Gasteiger partial charge in [0.2, 0.25) is 11.9 Å². The number of carbonyl (C=O) groups excluding carboxylic acids is 1. The zero-order valence-corrected chi connectivity index (χ0v) is 19.9. The lowest BCUT2D eigenvalue weighted by molar-refractivity contribution is -0.113. The first-order valence-electron chi connectivity index (χ1n) is 11.3. The molecule has 5 rings (SSSR count). The van der Waals surface area contributed by atoms with Crippen molar-refractivity contribution in [1.82, 2.24) is 9.97 Å². The highest BCUT2D eigenvalue weighted by Gasteiger charge is 2.60. The zero-order chi connectivity index (χ0) is 24.4. The van der Waals surface area contributed by atoms with Gasteiger partial charge in [0.25, 0.3) is 0 Å². The van der Waals surface area contributed by atoms with E-state index in [4.69, 9.17) is 21.1 Å². The Balaban J connectivity index is 1.30. The van der Waals surface area contributed by atoms with E-state index in [1.165, 1.54) is 6.20 Å². The van der Waals surface area contributed by atoms with E-state index in [-0.39, 0.29) is 23.1 Å². The highest BCUT2D eigenvalue weighted by molar-refractivity contribution is 6.29. The van der Waals surface area contributed by atoms with Crippen molar-refractivity contribution in [3.8, 4) is 5.75 Å². The van der Waals surface area contributed by atoms with Crippen molar-refractivity contribution < 1.29 is 18.7 Å². The molecule has 1 amide bonds. The molecule has 0 saturated heterocycles. The van der Waals surface area contributed by atoms with Gasteiger partial charge in [0.1, 0.15) is 18.2 Å². The summed E-state index contributed by atoms with van der Waals surface area (Å²) in [5.41, 5.74) is 3.65. The van der Waals surface area contributed by atoms with Crippen LogP contribution < -0.4 is 20.7 Å². The van der Waals surface area contributed by atoms with Crippen LogP contribution in [0.2, 0.25) is 0 Å². The molecule has 1 aliphatic carbocycles. The van der Waals surface area contributed by atoms with Crippen LogP contribution in [0.1, 0.15) is 23.6 Å². The molecular formula is C25H25ClFN5O3. The molecule has 182 valence electrons. The van der Waals surface area contributed by atoms with Crippen LogP contribution in [-0.2, 0) is 14.9 Å². The first-order valence-corrected chi connectivity index (χ1v) is 11.8. The van der Waals surface area contributed by atoms with Crippen LogP contribution in [0.15, 0.2) is 48.7 Å². The number of benzene rings is 2. The number of hydrogen-bond acceptors (Lipinski definition) is 7. The van der Waals surface area contributed by atoms with Crippen LogP contribution >= 0.6 is 11.6 Å². The monoisotopic (exact) mass is 497 g/mol. The highest BCUT2D eigenvalue weighted by Crippen LogP contribution is 2.64. The van der Waals surface area contributed by atoms with Gasteiger partial charge >= 0.3 is 0 Å². The molecular weight excluding hydrogens is 473 g/mol. The lowest BCUT2D eigenvalue weighted by atomic mass is 9.94. The smallest absolute Gasteiger partial charge is 0.239 e. The third kappa shape index (κ3) is 4.74. The molecule has 10 heteroatoms. The average molecular weight is 498 g/mol. The summed E-state index contributed by atoms with van der Waals surface area (Å²) in [7, 11) is 1.62. The number of fused-ring (bicyclic) bond motifs is 2. The summed E-state index contributed by atoms with van der Waals surface area (Å²) < 4.78 is 25.4. The number of methoxy groups -OCH3 is 1. The normalized spacial score (nSPS) is 19.7. The predicted octanol–water partition coefficient (Wildman–Crippen LogP) is 4.41. The third-order valence-electron chi connectivity index (χ3n) is 6.40. The van der Waals surface area contributed by atoms with Crippen molar-refractivity contribution in [2.24, 2.45) is 0 Å². The van der Waals surface area contributed by atoms with E-state index in [1.54, 1.807) is 7.11 Å². The lowest BCUT2D eigenvalue weighted by Crippen LogP contribution is -2.14. The number of ether oxygens (including phenoxy) is 2. The zero-order valence-electron chi connectivity index (χ0n) is 19.1. The number of amides is 1. The number of nitrogens with zero attached hydrogens (tertiary/aromatic N) is 2. The molecule has 1 unspecified atom stereocenters. The van der Waals surface area contributed by atoms with E-state index in [0.717, 1.165) is 29.1 Å². The van der Waals surface area contributed by atoms with Gasteiger partial charge in [-0.3, -0.25) is 4.79 Å². The molecule has 0 bridgehead atoms. The first kappa shape index (κ1) is 23.3. The second kappa shape index (κ2) is 9.67. The van der Waals surface area contributed by atoms with E-state index in [1.807, 2.05) is 42.5 Å². The van der Waals surface area contributed by atoms with E-state index in [9.17, 15) is 9.18 Å². The number of halogens is 2. The summed E-state index contributed by atoms with van der Waals surface area (Å²) in [6, 6.07) is 13.1. The molecule has 1 aliphatic heterocycles. The molecule has 8 nitrogen and oxygen atoms in total. The van der Waals surface area contributed by atoms with Gasteiger partial charge in [-0.2, -0.15) is 0 Å². The maximum atomic E-state index is 14.8. The Hall–Kier alpha value is -3.43. The molecule has 2 aliphatic rings. The maximum absolute atomic E-state index is 14.8. The Labute approximate surface area is 207 Å². The quantitative estimate of drug-likeness (QED) is 0.297. The molecule has 3 aromatic rings. The molecule has 2 heterocycles. The van der Waals surface area contributed by atoms with Crippen LogP contribution in [-0.4, -0.2) is 48.6 Å². The summed E-state index contributed by atoms with van der Waals surface area (Å²) in [6.45, 7) is 1.66. The van der Waals surface area contributed by atoms with Gasteiger partial charge in [-0.25, -0.2) is 14.4 Å². The standard InChI is InChI=1S/C25H25ClFN5O3/c1-34-8-9-35-17-5-2-15(3-6-17)31-24-28-13-20(27)23(32-24)19-11-25(19)14-29-21-10-16(4-7-18(21)25)30-22(33)12-26/h2-7,10,13,19,29H,8-9,11-12,14H2,1H3,(H,30,33)(H,28,31,32)/t19?,25-/m0/s1. The Kier molecular flexibility index (Phi) is 6.44. The average Bonchev–Trinajstić information content (AvgIpc) is 3.48. The summed E-state index contributed by atoms with van der Waals surface area (Å²) in [6.07, 6.45) is 1.99. The summed E-state index contributed by atoms with van der Waals surface area (Å²) >= 11 is 5.58. The highest BCUT2D eigenvalue weighted by atomic mass is 35.5. The van der Waals surface area contributed by atoms with Gasteiger partial charge in [-0.1, -0.05) is 6.07 Å². The van der Waals surface area contributed by atoms with Gasteiger partial charge in [0.05, 0.1) is 18.5 Å². The van der Waals surface area contributed by atoms with Crippen molar-refractivity contribution in [1.29, 1.82) is 0 Å². The topological polar surface area (TPSA) is 97.4 Å². The van der Waals surface area contributed by atoms with Crippen molar-refractivity contribution in [2.75, 3.05) is 48.7 Å². The van der Waals surface area contributed by atoms with Gasteiger partial charge in [-0.15, -0.1) is 11.6 Å². The fraction of sp³-hybridized carbons (Fsp3) is 0.320. The van der Waals surface area contributed by atoms with Crippen molar-refractivity contribution >= 4 is 40.5 Å². The van der Waals surface area contributed by atoms with E-state index < -0.39 is 5.82 Å². The Morgan fingerprint density at radius 3 is 2.80 bits per heavy atom. The van der Waals surface area contributed by atoms with Gasteiger partial charge in [0, 0.05) is 42.0 Å². The van der Waals surface area contributed by atoms with Gasteiger partial charge in [-0.05, 0) is 48.4 Å². The van der Waals surface area contributed by atoms with Crippen LogP contribution in [0.25, 0.3) is 0 Å². The van der Waals surface area contributed by atoms with Crippen molar-refractivity contribution in [3.05, 3.63) is 65.7 Å². The molecule has 0 radical (unpaired) electrons.